The Kier molecular flexibility index (Phi) is 12.1. The lowest BCUT2D eigenvalue weighted by Crippen LogP contribution is -2.16. The Bertz CT molecular complexity index is 1960. The minimum absolute atomic E-state index is 0.0873. The highest BCUT2D eigenvalue weighted by molar-refractivity contribution is 8.01. The zero-order chi connectivity index (χ0) is 40.1. The van der Waals surface area contributed by atoms with Crippen LogP contribution in [0.5, 0.6) is 23.0 Å². The molecule has 6 nitrogen and oxygen atoms in total. The summed E-state index contributed by atoms with van der Waals surface area (Å²) in [6.45, 7) is 27.3. The molecular weight excluding hydrogens is 753 g/mol. The molecule has 0 atom stereocenters. The van der Waals surface area contributed by atoms with Gasteiger partial charge in [-0.3, -0.25) is 0 Å². The fraction of sp³-hybridized carbons (Fsp3) is 0.432. The average molecular weight is 807 g/mol. The largest absolute Gasteiger partial charge is 0.506 e. The second-order valence-corrected chi connectivity index (χ2v) is 22.1. The molecule has 0 aliphatic carbocycles. The van der Waals surface area contributed by atoms with Gasteiger partial charge in [-0.25, -0.2) is 4.79 Å². The molecule has 0 aromatic heterocycles. The molecule has 290 valence electrons. The van der Waals surface area contributed by atoms with Crippen LogP contribution in [0.15, 0.2) is 87.7 Å². The first-order chi connectivity index (χ1) is 24.9. The van der Waals surface area contributed by atoms with Crippen LogP contribution < -0.4 is 4.74 Å². The fourth-order valence-electron chi connectivity index (χ4n) is 5.62. The number of phenolic OH excluding ortho intramolecular Hbond substituents is 3. The Morgan fingerprint density at radius 2 is 0.722 bits per heavy atom. The number of fused-ring (bicyclic) bond motifs is 8. The van der Waals surface area contributed by atoms with Crippen molar-refractivity contribution in [3.63, 3.8) is 0 Å². The minimum Gasteiger partial charge on any atom is -0.506 e. The molecule has 54 heavy (non-hydrogen) atoms. The van der Waals surface area contributed by atoms with Crippen LogP contribution in [-0.2, 0) is 31.2 Å². The van der Waals surface area contributed by atoms with Crippen LogP contribution in [0.4, 0.5) is 0 Å². The second kappa shape index (κ2) is 15.5. The van der Waals surface area contributed by atoms with Gasteiger partial charge < -0.3 is 24.8 Å². The standard InChI is InChI=1S/C44H54O6S4/c1-14-49-36(45)23-50-40-34-21-27(44(11,12)13)22-35(40)54-33-20-26(43(8,9)10)18-31(39(33)48)52-29-16-24(41(2,3)4)15-28(37(29)46)51-30-17-25(42(5,6)7)19-32(53-34)38(30)47/h15-22,46-48H,14,23H2,1-13H3. The predicted octanol–water partition coefficient (Wildman–Crippen LogP) is 12.9. The molecule has 8 bridgehead atoms. The van der Waals surface area contributed by atoms with Gasteiger partial charge in [-0.2, -0.15) is 0 Å². The van der Waals surface area contributed by atoms with Crippen molar-refractivity contribution in [1.82, 2.24) is 0 Å². The van der Waals surface area contributed by atoms with Crippen LogP contribution in [0.2, 0.25) is 0 Å². The van der Waals surface area contributed by atoms with Crippen molar-refractivity contribution in [1.29, 1.82) is 0 Å². The number of carbonyl (C=O) groups excluding carboxylic acids is 1. The number of esters is 1. The summed E-state index contributed by atoms with van der Waals surface area (Å²) in [6, 6.07) is 16.1. The summed E-state index contributed by atoms with van der Waals surface area (Å²) in [6.07, 6.45) is 0. The lowest BCUT2D eigenvalue weighted by atomic mass is 9.87. The van der Waals surface area contributed by atoms with Crippen LogP contribution in [-0.4, -0.2) is 34.5 Å². The monoisotopic (exact) mass is 806 g/mol. The number of hydrogen-bond acceptors (Lipinski definition) is 10. The summed E-state index contributed by atoms with van der Waals surface area (Å²) in [5, 5.41) is 36.2. The highest BCUT2D eigenvalue weighted by Gasteiger charge is 2.29. The van der Waals surface area contributed by atoms with Gasteiger partial charge in [-0.05, 0) is 99.4 Å². The number of rotatable bonds is 4. The number of ether oxygens (including phenoxy) is 2. The second-order valence-electron chi connectivity index (χ2n) is 17.8. The van der Waals surface area contributed by atoms with Gasteiger partial charge in [-0.1, -0.05) is 130 Å². The van der Waals surface area contributed by atoms with E-state index in [9.17, 15) is 20.1 Å². The maximum Gasteiger partial charge on any atom is 0.344 e. The normalized spacial score (nSPS) is 13.8. The third-order valence-electron chi connectivity index (χ3n) is 9.12. The lowest BCUT2D eigenvalue weighted by Gasteiger charge is -2.26. The van der Waals surface area contributed by atoms with E-state index in [1.54, 1.807) is 6.92 Å². The Labute approximate surface area is 338 Å². The summed E-state index contributed by atoms with van der Waals surface area (Å²) in [5.74, 6) is 0.229. The van der Waals surface area contributed by atoms with E-state index in [0.29, 0.717) is 44.9 Å². The first kappa shape index (κ1) is 42.1. The van der Waals surface area contributed by atoms with Crippen LogP contribution in [0.3, 0.4) is 0 Å². The van der Waals surface area contributed by atoms with Crippen molar-refractivity contribution in [3.05, 3.63) is 70.8 Å². The van der Waals surface area contributed by atoms with Crippen LogP contribution in [0.1, 0.15) is 112 Å². The zero-order valence-electron chi connectivity index (χ0n) is 33.7. The van der Waals surface area contributed by atoms with E-state index in [1.807, 2.05) is 36.4 Å². The molecule has 1 heterocycles. The summed E-state index contributed by atoms with van der Waals surface area (Å²) in [5.41, 5.74) is 3.00. The SMILES string of the molecule is CCOC(=O)COc1c2cc(C(C)(C)C)cc1Sc1cc(C(C)(C)C)cc(c1O)Sc1cc(C(C)(C)C)cc(c1O)Sc1cc(C(C)(C)C)cc(c1O)S2. The highest BCUT2D eigenvalue weighted by atomic mass is 32.2. The number of aromatic hydroxyl groups is 3. The molecule has 0 unspecified atom stereocenters. The first-order valence-corrected chi connectivity index (χ1v) is 21.4. The highest BCUT2D eigenvalue weighted by Crippen LogP contribution is 2.55. The van der Waals surface area contributed by atoms with Crippen LogP contribution in [0, 0.1) is 0 Å². The molecule has 1 aliphatic heterocycles. The van der Waals surface area contributed by atoms with Crippen molar-refractivity contribution < 1.29 is 29.6 Å². The summed E-state index contributed by atoms with van der Waals surface area (Å²) < 4.78 is 11.6. The quantitative estimate of drug-likeness (QED) is 0.152. The van der Waals surface area contributed by atoms with Gasteiger partial charge in [0.05, 0.1) is 45.8 Å². The van der Waals surface area contributed by atoms with E-state index in [0.717, 1.165) is 22.3 Å². The molecule has 1 aliphatic rings. The van der Waals surface area contributed by atoms with Gasteiger partial charge in [0.25, 0.3) is 0 Å². The fourth-order valence-corrected chi connectivity index (χ4v) is 10.1. The summed E-state index contributed by atoms with van der Waals surface area (Å²) >= 11 is 5.39. The average Bonchev–Trinajstić information content (AvgIpc) is 3.03. The van der Waals surface area contributed by atoms with Crippen LogP contribution in [0.25, 0.3) is 0 Å². The molecule has 0 fully saturated rings. The first-order valence-electron chi connectivity index (χ1n) is 18.2. The maximum absolute atomic E-state index is 12.7. The molecule has 10 heteroatoms. The third-order valence-corrected chi connectivity index (χ3v) is 13.4. The van der Waals surface area contributed by atoms with Gasteiger partial charge >= 0.3 is 5.97 Å². The van der Waals surface area contributed by atoms with E-state index >= 15 is 0 Å². The maximum atomic E-state index is 12.7. The van der Waals surface area contributed by atoms with Crippen LogP contribution >= 0.6 is 47.0 Å². The molecule has 0 radical (unpaired) electrons. The lowest BCUT2D eigenvalue weighted by molar-refractivity contribution is -0.145. The van der Waals surface area contributed by atoms with E-state index < -0.39 is 5.97 Å². The Morgan fingerprint density at radius 1 is 0.481 bits per heavy atom. The van der Waals surface area contributed by atoms with Crippen molar-refractivity contribution >= 4 is 53.0 Å². The van der Waals surface area contributed by atoms with E-state index in [-0.39, 0.29) is 52.1 Å². The molecule has 5 rings (SSSR count). The van der Waals surface area contributed by atoms with E-state index in [1.165, 1.54) is 47.0 Å². The third kappa shape index (κ3) is 9.48. The molecule has 0 saturated carbocycles. The van der Waals surface area contributed by atoms with E-state index in [4.69, 9.17) is 9.47 Å². The van der Waals surface area contributed by atoms with Gasteiger partial charge in [0.2, 0.25) is 0 Å². The van der Waals surface area contributed by atoms with Gasteiger partial charge in [0.1, 0.15) is 23.0 Å². The van der Waals surface area contributed by atoms with Gasteiger partial charge in [-0.15, -0.1) is 0 Å². The molecular formula is C44H54O6S4. The summed E-state index contributed by atoms with van der Waals surface area (Å²) in [7, 11) is 0. The van der Waals surface area contributed by atoms with Crippen molar-refractivity contribution in [2.45, 2.75) is 151 Å². The summed E-state index contributed by atoms with van der Waals surface area (Å²) in [4.78, 5) is 17.8. The smallest absolute Gasteiger partial charge is 0.344 e. The van der Waals surface area contributed by atoms with Crippen molar-refractivity contribution in [2.24, 2.45) is 0 Å². The molecule has 3 N–H and O–H groups in total. The Morgan fingerprint density at radius 3 is 0.963 bits per heavy atom. The van der Waals surface area contributed by atoms with Crippen molar-refractivity contribution in [2.75, 3.05) is 13.2 Å². The molecule has 0 saturated heterocycles. The topological polar surface area (TPSA) is 96.2 Å². The van der Waals surface area contributed by atoms with Gasteiger partial charge in [0, 0.05) is 0 Å². The predicted molar refractivity (Wildman–Crippen MR) is 224 cm³/mol. The molecule has 4 aromatic rings. The minimum atomic E-state index is -0.491. The number of carbonyl (C=O) groups is 1. The Hall–Kier alpha value is -3.05. The number of benzene rings is 4. The van der Waals surface area contributed by atoms with Crippen molar-refractivity contribution in [3.8, 4) is 23.0 Å². The molecule has 0 spiro atoms. The van der Waals surface area contributed by atoms with E-state index in [2.05, 4.69) is 95.2 Å². The zero-order valence-corrected chi connectivity index (χ0v) is 37.0. The van der Waals surface area contributed by atoms with Gasteiger partial charge in [0.15, 0.2) is 6.61 Å². The molecule has 4 aromatic carbocycles. The number of phenols is 3. The number of hydrogen-bond donors (Lipinski definition) is 3. The molecule has 0 amide bonds. The Balaban J connectivity index is 1.91.